The first-order valence-corrected chi connectivity index (χ1v) is 6.94. The lowest BCUT2D eigenvalue weighted by Crippen LogP contribution is -2.42. The number of benzene rings is 1. The summed E-state index contributed by atoms with van der Waals surface area (Å²) in [5.41, 5.74) is 6.68. The molecule has 0 bridgehead atoms. The van der Waals surface area contributed by atoms with Gasteiger partial charge in [-0.25, -0.2) is 0 Å². The molecule has 21 heavy (non-hydrogen) atoms. The molecule has 2 atom stereocenters. The number of halogens is 1. The van der Waals surface area contributed by atoms with Gasteiger partial charge in [0.2, 0.25) is 11.8 Å². The molecule has 0 saturated carbocycles. The van der Waals surface area contributed by atoms with Crippen LogP contribution in [0, 0.1) is 0 Å². The first-order chi connectivity index (χ1) is 9.56. The summed E-state index contributed by atoms with van der Waals surface area (Å²) < 4.78 is 0. The van der Waals surface area contributed by atoms with Gasteiger partial charge in [-0.1, -0.05) is 30.3 Å². The molecule has 0 aromatic heterocycles. The van der Waals surface area contributed by atoms with Gasteiger partial charge in [-0.15, -0.1) is 12.4 Å². The molecule has 1 saturated heterocycles. The van der Waals surface area contributed by atoms with Crippen LogP contribution in [0.25, 0.3) is 0 Å². The van der Waals surface area contributed by atoms with Gasteiger partial charge in [-0.2, -0.15) is 0 Å². The summed E-state index contributed by atoms with van der Waals surface area (Å²) in [6, 6.07) is 9.27. The highest BCUT2D eigenvalue weighted by molar-refractivity contribution is 5.89. The smallest absolute Gasteiger partial charge is 0.245 e. The second kappa shape index (κ2) is 8.00. The number of amides is 2. The van der Waals surface area contributed by atoms with Crippen molar-refractivity contribution in [2.75, 3.05) is 6.54 Å². The molecule has 2 rings (SSSR count). The molecule has 1 heterocycles. The molecular weight excluding hydrogens is 290 g/mol. The molecule has 0 aliphatic carbocycles. The Balaban J connectivity index is 0.00000220. The van der Waals surface area contributed by atoms with E-state index in [2.05, 4.69) is 5.32 Å². The van der Waals surface area contributed by atoms with Crippen molar-refractivity contribution in [3.05, 3.63) is 35.9 Å². The minimum absolute atomic E-state index is 0. The van der Waals surface area contributed by atoms with Crippen LogP contribution in [0.1, 0.15) is 25.3 Å². The number of nitrogens with two attached hydrogens (primary N) is 1. The number of carbonyl (C=O) groups excluding carboxylic acids is 2. The van der Waals surface area contributed by atoms with E-state index in [0.29, 0.717) is 19.5 Å². The number of hydrogen-bond acceptors (Lipinski definition) is 3. The number of hydrogen-bond donors (Lipinski definition) is 2. The predicted molar refractivity (Wildman–Crippen MR) is 83.9 cm³/mol. The van der Waals surface area contributed by atoms with E-state index in [1.165, 1.54) is 0 Å². The summed E-state index contributed by atoms with van der Waals surface area (Å²) in [5, 5.41) is 2.77. The molecular formula is C15H22ClN3O2. The molecule has 1 aliphatic heterocycles. The number of nitrogens with one attached hydrogen (secondary N) is 1. The Morgan fingerprint density at radius 2 is 2.10 bits per heavy atom. The molecule has 2 amide bonds. The Morgan fingerprint density at radius 1 is 1.43 bits per heavy atom. The average molecular weight is 312 g/mol. The van der Waals surface area contributed by atoms with Crippen molar-refractivity contribution in [3.63, 3.8) is 0 Å². The normalized spacial score (nSPS) is 19.0. The second-order valence-electron chi connectivity index (χ2n) is 5.34. The molecule has 3 N–H and O–H groups in total. The molecule has 1 aliphatic rings. The van der Waals surface area contributed by atoms with Crippen molar-refractivity contribution in [2.45, 2.75) is 38.4 Å². The van der Waals surface area contributed by atoms with Crippen LogP contribution in [0.3, 0.4) is 0 Å². The molecule has 0 spiro atoms. The Morgan fingerprint density at radius 3 is 2.71 bits per heavy atom. The summed E-state index contributed by atoms with van der Waals surface area (Å²) >= 11 is 0. The summed E-state index contributed by atoms with van der Waals surface area (Å²) in [6.07, 6.45) is 0.916. The van der Waals surface area contributed by atoms with Crippen LogP contribution in [0.4, 0.5) is 0 Å². The zero-order chi connectivity index (χ0) is 14.5. The third kappa shape index (κ3) is 5.02. The van der Waals surface area contributed by atoms with Crippen molar-refractivity contribution < 1.29 is 9.59 Å². The lowest BCUT2D eigenvalue weighted by atomic mass is 10.2. The number of carbonyl (C=O) groups is 2. The summed E-state index contributed by atoms with van der Waals surface area (Å²) in [4.78, 5) is 25.7. The number of likely N-dealkylation sites (tertiary alicyclic amines) is 1. The summed E-state index contributed by atoms with van der Waals surface area (Å²) in [6.45, 7) is 3.05. The van der Waals surface area contributed by atoms with Crippen LogP contribution in [0.15, 0.2) is 30.3 Å². The summed E-state index contributed by atoms with van der Waals surface area (Å²) in [7, 11) is 0. The fourth-order valence-electron chi connectivity index (χ4n) is 2.38. The van der Waals surface area contributed by atoms with E-state index in [1.807, 2.05) is 30.3 Å². The highest BCUT2D eigenvalue weighted by Gasteiger charge is 2.32. The number of rotatable bonds is 5. The van der Waals surface area contributed by atoms with Gasteiger partial charge >= 0.3 is 0 Å². The second-order valence-corrected chi connectivity index (χ2v) is 5.34. The molecule has 5 nitrogen and oxygen atoms in total. The van der Waals surface area contributed by atoms with Crippen molar-refractivity contribution in [2.24, 2.45) is 5.73 Å². The van der Waals surface area contributed by atoms with E-state index in [0.717, 1.165) is 5.56 Å². The molecule has 2 unspecified atom stereocenters. The SMILES string of the molecule is CC(N)CC(=O)NC1CCN(Cc2ccccc2)C1=O.Cl. The zero-order valence-corrected chi connectivity index (χ0v) is 12.9. The highest BCUT2D eigenvalue weighted by Crippen LogP contribution is 2.15. The Labute approximate surface area is 131 Å². The molecule has 0 radical (unpaired) electrons. The molecule has 1 aromatic carbocycles. The van der Waals surface area contributed by atoms with Gasteiger partial charge < -0.3 is 16.0 Å². The number of nitrogens with zero attached hydrogens (tertiary/aromatic N) is 1. The molecule has 1 aromatic rings. The Bertz CT molecular complexity index is 479. The van der Waals surface area contributed by atoms with Gasteiger partial charge in [0, 0.05) is 25.6 Å². The predicted octanol–water partition coefficient (Wildman–Crippen LogP) is 1.06. The third-order valence-electron chi connectivity index (χ3n) is 3.36. The standard InChI is InChI=1S/C15H21N3O2.ClH/c1-11(16)9-14(19)17-13-7-8-18(15(13)20)10-12-5-3-2-4-6-12;/h2-6,11,13H,7-10,16H2,1H3,(H,17,19);1H. The minimum atomic E-state index is -0.398. The van der Waals surface area contributed by atoms with Crippen molar-refractivity contribution in [1.29, 1.82) is 0 Å². The maximum absolute atomic E-state index is 12.2. The quantitative estimate of drug-likeness (QED) is 0.854. The maximum Gasteiger partial charge on any atom is 0.245 e. The van der Waals surface area contributed by atoms with Crippen molar-refractivity contribution in [1.82, 2.24) is 10.2 Å². The highest BCUT2D eigenvalue weighted by atomic mass is 35.5. The topological polar surface area (TPSA) is 75.4 Å². The van der Waals surface area contributed by atoms with Crippen LogP contribution in [0.2, 0.25) is 0 Å². The van der Waals surface area contributed by atoms with Crippen LogP contribution in [-0.4, -0.2) is 35.3 Å². The van der Waals surface area contributed by atoms with Crippen molar-refractivity contribution >= 4 is 24.2 Å². The van der Waals surface area contributed by atoms with Gasteiger partial charge in [0.25, 0.3) is 0 Å². The van der Waals surface area contributed by atoms with E-state index < -0.39 is 6.04 Å². The lowest BCUT2D eigenvalue weighted by Gasteiger charge is -2.17. The van der Waals surface area contributed by atoms with Gasteiger partial charge in [0.05, 0.1) is 0 Å². The minimum Gasteiger partial charge on any atom is -0.344 e. The van der Waals surface area contributed by atoms with Gasteiger partial charge in [0.15, 0.2) is 0 Å². The van der Waals surface area contributed by atoms with Gasteiger partial charge in [-0.05, 0) is 18.9 Å². The lowest BCUT2D eigenvalue weighted by molar-refractivity contribution is -0.133. The first kappa shape index (κ1) is 17.5. The van der Waals surface area contributed by atoms with E-state index >= 15 is 0 Å². The fraction of sp³-hybridized carbons (Fsp3) is 0.467. The zero-order valence-electron chi connectivity index (χ0n) is 12.1. The Kier molecular flexibility index (Phi) is 6.65. The third-order valence-corrected chi connectivity index (χ3v) is 3.36. The first-order valence-electron chi connectivity index (χ1n) is 6.94. The summed E-state index contributed by atoms with van der Waals surface area (Å²) in [5.74, 6) is -0.160. The maximum atomic E-state index is 12.2. The average Bonchev–Trinajstić information content (AvgIpc) is 2.72. The van der Waals surface area contributed by atoms with E-state index in [1.54, 1.807) is 11.8 Å². The van der Waals surface area contributed by atoms with E-state index in [-0.39, 0.29) is 36.7 Å². The monoisotopic (exact) mass is 311 g/mol. The van der Waals surface area contributed by atoms with E-state index in [4.69, 9.17) is 5.73 Å². The Hall–Kier alpha value is -1.59. The van der Waals surface area contributed by atoms with Crippen LogP contribution in [0.5, 0.6) is 0 Å². The largest absolute Gasteiger partial charge is 0.344 e. The van der Waals surface area contributed by atoms with Gasteiger partial charge in [0.1, 0.15) is 6.04 Å². The fourth-order valence-corrected chi connectivity index (χ4v) is 2.38. The van der Waals surface area contributed by atoms with Gasteiger partial charge in [-0.3, -0.25) is 9.59 Å². The van der Waals surface area contributed by atoms with Crippen LogP contribution in [-0.2, 0) is 16.1 Å². The van der Waals surface area contributed by atoms with E-state index in [9.17, 15) is 9.59 Å². The van der Waals surface area contributed by atoms with Crippen LogP contribution < -0.4 is 11.1 Å². The molecule has 116 valence electrons. The van der Waals surface area contributed by atoms with Crippen molar-refractivity contribution in [3.8, 4) is 0 Å². The molecule has 1 fully saturated rings. The molecule has 6 heteroatoms. The van der Waals surface area contributed by atoms with Crippen LogP contribution >= 0.6 is 12.4 Å².